The first-order valence-electron chi connectivity index (χ1n) is 7.63. The Labute approximate surface area is 124 Å². The average Bonchev–Trinajstić information content (AvgIpc) is 3.02. The van der Waals surface area contributed by atoms with E-state index in [1.54, 1.807) is 0 Å². The summed E-state index contributed by atoms with van der Waals surface area (Å²) in [4.78, 5) is 0.507. The van der Waals surface area contributed by atoms with E-state index in [0.29, 0.717) is 4.83 Å². The number of hydrogen-bond donors (Lipinski definition) is 0. The summed E-state index contributed by atoms with van der Waals surface area (Å²) in [7, 11) is 0. The smallest absolute Gasteiger partial charge is 0.119 e. The third kappa shape index (κ3) is 2.99. The van der Waals surface area contributed by atoms with Crippen LogP contribution in [0.25, 0.3) is 0 Å². The lowest BCUT2D eigenvalue weighted by atomic mass is 9.84. The van der Waals surface area contributed by atoms with E-state index in [0.717, 1.165) is 30.1 Å². The molecule has 2 aliphatic carbocycles. The minimum atomic E-state index is 0.507. The summed E-state index contributed by atoms with van der Waals surface area (Å²) in [5.41, 5.74) is 1.39. The van der Waals surface area contributed by atoms with Crippen molar-refractivity contribution in [3.8, 4) is 5.75 Å². The summed E-state index contributed by atoms with van der Waals surface area (Å²) < 4.78 is 5.50. The molecule has 2 aliphatic rings. The molecular formula is C17H23BrO. The van der Waals surface area contributed by atoms with Crippen molar-refractivity contribution in [3.63, 3.8) is 0 Å². The Morgan fingerprint density at radius 3 is 2.58 bits per heavy atom. The Bertz CT molecular complexity index is 414. The molecule has 2 saturated carbocycles. The van der Waals surface area contributed by atoms with Gasteiger partial charge in [0.1, 0.15) is 5.75 Å². The van der Waals surface area contributed by atoms with Gasteiger partial charge in [-0.05, 0) is 68.1 Å². The van der Waals surface area contributed by atoms with Gasteiger partial charge in [-0.25, -0.2) is 0 Å². The highest BCUT2D eigenvalue weighted by molar-refractivity contribution is 9.09. The Morgan fingerprint density at radius 2 is 2.00 bits per heavy atom. The van der Waals surface area contributed by atoms with E-state index in [1.165, 1.54) is 37.7 Å². The predicted molar refractivity (Wildman–Crippen MR) is 82.8 cm³/mol. The van der Waals surface area contributed by atoms with Crippen molar-refractivity contribution in [2.75, 3.05) is 6.61 Å². The van der Waals surface area contributed by atoms with Gasteiger partial charge in [0.2, 0.25) is 0 Å². The van der Waals surface area contributed by atoms with E-state index >= 15 is 0 Å². The molecule has 19 heavy (non-hydrogen) atoms. The van der Waals surface area contributed by atoms with Crippen LogP contribution in [-0.4, -0.2) is 6.61 Å². The number of benzene rings is 1. The Balaban J connectivity index is 1.59. The molecule has 3 rings (SSSR count). The van der Waals surface area contributed by atoms with Crippen LogP contribution in [0.3, 0.4) is 0 Å². The second kappa shape index (κ2) is 5.87. The van der Waals surface area contributed by atoms with Gasteiger partial charge in [-0.1, -0.05) is 34.5 Å². The zero-order chi connectivity index (χ0) is 13.2. The molecule has 2 bridgehead atoms. The van der Waals surface area contributed by atoms with Gasteiger partial charge in [0.15, 0.2) is 0 Å². The van der Waals surface area contributed by atoms with E-state index in [4.69, 9.17) is 4.74 Å². The van der Waals surface area contributed by atoms with Crippen LogP contribution in [0.15, 0.2) is 24.3 Å². The minimum Gasteiger partial charge on any atom is -0.494 e. The molecule has 1 aromatic rings. The zero-order valence-electron chi connectivity index (χ0n) is 11.6. The van der Waals surface area contributed by atoms with Crippen molar-refractivity contribution in [2.24, 2.45) is 17.8 Å². The van der Waals surface area contributed by atoms with Gasteiger partial charge >= 0.3 is 0 Å². The number of ether oxygens (including phenoxy) is 1. The first kappa shape index (κ1) is 13.5. The summed E-state index contributed by atoms with van der Waals surface area (Å²) in [6, 6.07) is 8.59. The van der Waals surface area contributed by atoms with E-state index in [9.17, 15) is 0 Å². The Morgan fingerprint density at radius 1 is 1.21 bits per heavy atom. The molecule has 0 amide bonds. The van der Waals surface area contributed by atoms with Crippen LogP contribution in [0.4, 0.5) is 0 Å². The summed E-state index contributed by atoms with van der Waals surface area (Å²) >= 11 is 3.89. The SMILES string of the molecule is CCOc1ccc(C(Br)CC2CC3CCC2C3)cc1. The first-order valence-corrected chi connectivity index (χ1v) is 8.54. The van der Waals surface area contributed by atoms with Gasteiger partial charge in [-0.2, -0.15) is 0 Å². The Hall–Kier alpha value is -0.500. The standard InChI is InChI=1S/C17H23BrO/c1-2-19-16-7-5-13(6-8-16)17(18)11-15-10-12-3-4-14(15)9-12/h5-8,12,14-15,17H,2-4,9-11H2,1H3. The fourth-order valence-electron chi connectivity index (χ4n) is 4.01. The molecule has 1 nitrogen and oxygen atoms in total. The average molecular weight is 323 g/mol. The summed E-state index contributed by atoms with van der Waals surface area (Å²) in [6.45, 7) is 2.76. The Kier molecular flexibility index (Phi) is 4.16. The molecule has 0 N–H and O–H groups in total. The van der Waals surface area contributed by atoms with Gasteiger partial charge < -0.3 is 4.74 Å². The minimum absolute atomic E-state index is 0.507. The van der Waals surface area contributed by atoms with Gasteiger partial charge in [-0.3, -0.25) is 0 Å². The van der Waals surface area contributed by atoms with Crippen molar-refractivity contribution in [3.05, 3.63) is 29.8 Å². The first-order chi connectivity index (χ1) is 9.26. The molecule has 4 atom stereocenters. The van der Waals surface area contributed by atoms with Crippen LogP contribution < -0.4 is 4.74 Å². The number of alkyl halides is 1. The molecule has 2 heteroatoms. The molecule has 0 heterocycles. The van der Waals surface area contributed by atoms with Gasteiger partial charge in [0.25, 0.3) is 0 Å². The molecular weight excluding hydrogens is 300 g/mol. The van der Waals surface area contributed by atoms with Crippen molar-refractivity contribution in [1.29, 1.82) is 0 Å². The largest absolute Gasteiger partial charge is 0.494 e. The summed E-state index contributed by atoms with van der Waals surface area (Å²) in [6.07, 6.45) is 7.27. The number of halogens is 1. The van der Waals surface area contributed by atoms with Crippen molar-refractivity contribution in [2.45, 2.75) is 43.9 Å². The van der Waals surface area contributed by atoms with Crippen LogP contribution in [0.1, 0.15) is 49.4 Å². The van der Waals surface area contributed by atoms with Crippen LogP contribution in [-0.2, 0) is 0 Å². The fraction of sp³-hybridized carbons (Fsp3) is 0.647. The molecule has 2 fully saturated rings. The second-order valence-electron chi connectivity index (χ2n) is 6.14. The number of fused-ring (bicyclic) bond motifs is 2. The van der Waals surface area contributed by atoms with Crippen LogP contribution in [0.5, 0.6) is 5.75 Å². The maximum absolute atomic E-state index is 5.50. The quantitative estimate of drug-likeness (QED) is 0.664. The van der Waals surface area contributed by atoms with Crippen molar-refractivity contribution >= 4 is 15.9 Å². The van der Waals surface area contributed by atoms with E-state index < -0.39 is 0 Å². The van der Waals surface area contributed by atoms with Crippen molar-refractivity contribution in [1.82, 2.24) is 0 Å². The normalized spacial score (nSPS) is 30.5. The summed E-state index contributed by atoms with van der Waals surface area (Å²) in [5, 5.41) is 0. The maximum Gasteiger partial charge on any atom is 0.119 e. The molecule has 4 unspecified atom stereocenters. The number of hydrogen-bond acceptors (Lipinski definition) is 1. The van der Waals surface area contributed by atoms with Gasteiger partial charge in [-0.15, -0.1) is 0 Å². The van der Waals surface area contributed by atoms with Crippen LogP contribution in [0, 0.1) is 17.8 Å². The molecule has 0 radical (unpaired) electrons. The highest BCUT2D eigenvalue weighted by atomic mass is 79.9. The highest BCUT2D eigenvalue weighted by Gasteiger charge is 2.39. The third-order valence-electron chi connectivity index (χ3n) is 4.95. The predicted octanol–water partition coefficient (Wildman–Crippen LogP) is 5.35. The molecule has 0 saturated heterocycles. The molecule has 104 valence electrons. The maximum atomic E-state index is 5.50. The topological polar surface area (TPSA) is 9.23 Å². The lowest BCUT2D eigenvalue weighted by Crippen LogP contribution is -2.12. The highest BCUT2D eigenvalue weighted by Crippen LogP contribution is 2.51. The lowest BCUT2D eigenvalue weighted by Gasteiger charge is -2.24. The molecule has 1 aromatic carbocycles. The fourth-order valence-corrected chi connectivity index (χ4v) is 4.79. The second-order valence-corrected chi connectivity index (χ2v) is 7.25. The van der Waals surface area contributed by atoms with Crippen molar-refractivity contribution < 1.29 is 4.74 Å². The third-order valence-corrected chi connectivity index (χ3v) is 5.85. The molecule has 0 aromatic heterocycles. The lowest BCUT2D eigenvalue weighted by molar-refractivity contribution is 0.314. The van der Waals surface area contributed by atoms with Crippen LogP contribution in [0.2, 0.25) is 0 Å². The van der Waals surface area contributed by atoms with E-state index in [1.807, 2.05) is 6.92 Å². The van der Waals surface area contributed by atoms with Gasteiger partial charge in [0, 0.05) is 4.83 Å². The summed E-state index contributed by atoms with van der Waals surface area (Å²) in [5.74, 6) is 4.00. The van der Waals surface area contributed by atoms with Crippen LogP contribution >= 0.6 is 15.9 Å². The van der Waals surface area contributed by atoms with E-state index in [-0.39, 0.29) is 0 Å². The zero-order valence-corrected chi connectivity index (χ0v) is 13.2. The molecule has 0 aliphatic heterocycles. The monoisotopic (exact) mass is 322 g/mol. The molecule has 0 spiro atoms. The van der Waals surface area contributed by atoms with E-state index in [2.05, 4.69) is 40.2 Å². The number of rotatable bonds is 5. The van der Waals surface area contributed by atoms with Gasteiger partial charge in [0.05, 0.1) is 6.61 Å².